The van der Waals surface area contributed by atoms with Crippen LogP contribution in [0.5, 0.6) is 0 Å². The highest BCUT2D eigenvalue weighted by atomic mass is 127. The molecule has 0 saturated heterocycles. The Morgan fingerprint density at radius 2 is 1.81 bits per heavy atom. The molecule has 0 atom stereocenters. The van der Waals surface area contributed by atoms with Crippen LogP contribution in [0.2, 0.25) is 0 Å². The van der Waals surface area contributed by atoms with Crippen LogP contribution in [0.4, 0.5) is 5.69 Å². The summed E-state index contributed by atoms with van der Waals surface area (Å²) in [5, 5.41) is 10.7. The van der Waals surface area contributed by atoms with Crippen LogP contribution in [0, 0.1) is 0 Å². The molecular formula is C21H27IN6O2S. The molecule has 0 aliphatic heterocycles. The van der Waals surface area contributed by atoms with Crippen molar-refractivity contribution in [1.82, 2.24) is 20.4 Å². The Morgan fingerprint density at radius 3 is 2.45 bits per heavy atom. The zero-order chi connectivity index (χ0) is 21.4. The predicted molar refractivity (Wildman–Crippen MR) is 136 cm³/mol. The number of para-hydroxylation sites is 1. The van der Waals surface area contributed by atoms with Crippen molar-refractivity contribution >= 4 is 45.6 Å². The lowest BCUT2D eigenvalue weighted by Crippen LogP contribution is -2.38. The smallest absolute Gasteiger partial charge is 0.229 e. The third kappa shape index (κ3) is 7.87. The fourth-order valence-corrected chi connectivity index (χ4v) is 3.53. The molecule has 0 saturated carbocycles. The molecule has 0 unspecified atom stereocenters. The van der Waals surface area contributed by atoms with E-state index in [1.807, 2.05) is 41.2 Å². The zero-order valence-electron chi connectivity index (χ0n) is 17.4. The van der Waals surface area contributed by atoms with Crippen molar-refractivity contribution < 1.29 is 8.42 Å². The van der Waals surface area contributed by atoms with Crippen molar-refractivity contribution in [3.05, 3.63) is 78.1 Å². The van der Waals surface area contributed by atoms with Gasteiger partial charge in [0.15, 0.2) is 5.96 Å². The largest absolute Gasteiger partial charge is 0.356 e. The molecule has 8 nitrogen and oxygen atoms in total. The summed E-state index contributed by atoms with van der Waals surface area (Å²) >= 11 is 0. The molecule has 0 radical (unpaired) electrons. The summed E-state index contributed by atoms with van der Waals surface area (Å²) in [7, 11) is -1.63. The Kier molecular flexibility index (Phi) is 9.31. The first-order chi connectivity index (χ1) is 14.4. The van der Waals surface area contributed by atoms with Gasteiger partial charge in [0.05, 0.1) is 17.6 Å². The molecule has 0 fully saturated rings. The van der Waals surface area contributed by atoms with Crippen molar-refractivity contribution in [3.63, 3.8) is 0 Å². The lowest BCUT2D eigenvalue weighted by Gasteiger charge is -2.15. The van der Waals surface area contributed by atoms with Crippen LogP contribution in [-0.4, -0.2) is 44.0 Å². The minimum Gasteiger partial charge on any atom is -0.356 e. The number of halogens is 1. The maximum atomic E-state index is 11.5. The van der Waals surface area contributed by atoms with E-state index in [0.717, 1.165) is 23.9 Å². The topological polar surface area (TPSA) is 100 Å². The quantitative estimate of drug-likeness (QED) is 0.226. The maximum absolute atomic E-state index is 11.5. The number of benzene rings is 2. The van der Waals surface area contributed by atoms with Crippen LogP contribution >= 0.6 is 24.0 Å². The first-order valence-corrected chi connectivity index (χ1v) is 11.4. The van der Waals surface area contributed by atoms with Crippen molar-refractivity contribution in [1.29, 1.82) is 0 Å². The molecule has 0 aliphatic carbocycles. The molecule has 10 heteroatoms. The van der Waals surface area contributed by atoms with Gasteiger partial charge in [-0.05, 0) is 41.8 Å². The van der Waals surface area contributed by atoms with E-state index in [4.69, 9.17) is 0 Å². The number of hydrogen-bond acceptors (Lipinski definition) is 4. The second-order valence-electron chi connectivity index (χ2n) is 6.75. The van der Waals surface area contributed by atoms with E-state index >= 15 is 0 Å². The molecule has 3 rings (SSSR count). The third-order valence-corrected chi connectivity index (χ3v) is 4.98. The maximum Gasteiger partial charge on any atom is 0.229 e. The number of aliphatic imine (C=N–C) groups is 1. The van der Waals surface area contributed by atoms with E-state index in [-0.39, 0.29) is 24.0 Å². The van der Waals surface area contributed by atoms with Crippen LogP contribution in [0.3, 0.4) is 0 Å². The number of nitrogens with zero attached hydrogens (tertiary/aromatic N) is 3. The monoisotopic (exact) mass is 554 g/mol. The summed E-state index contributed by atoms with van der Waals surface area (Å²) in [5.41, 5.74) is 3.62. The second-order valence-corrected chi connectivity index (χ2v) is 8.50. The molecule has 1 aromatic heterocycles. The normalized spacial score (nSPS) is 11.5. The first kappa shape index (κ1) is 24.7. The number of hydrogen-bond donors (Lipinski definition) is 3. The van der Waals surface area contributed by atoms with E-state index in [9.17, 15) is 8.42 Å². The number of guanidine groups is 1. The Morgan fingerprint density at radius 1 is 1.06 bits per heavy atom. The lowest BCUT2D eigenvalue weighted by atomic mass is 10.1. The summed E-state index contributed by atoms with van der Waals surface area (Å²) in [6.45, 7) is 1.15. The van der Waals surface area contributed by atoms with Crippen molar-refractivity contribution in [2.75, 3.05) is 24.6 Å². The zero-order valence-corrected chi connectivity index (χ0v) is 20.6. The van der Waals surface area contributed by atoms with Gasteiger partial charge in [-0.3, -0.25) is 9.71 Å². The molecule has 1 heterocycles. The Bertz CT molecular complexity index is 1080. The highest BCUT2D eigenvalue weighted by Crippen LogP contribution is 2.16. The fraction of sp³-hybridized carbons (Fsp3) is 0.238. The Balaban J connectivity index is 0.00000341. The van der Waals surface area contributed by atoms with Gasteiger partial charge in [-0.25, -0.2) is 13.1 Å². The van der Waals surface area contributed by atoms with Crippen LogP contribution in [-0.2, 0) is 23.0 Å². The molecule has 31 heavy (non-hydrogen) atoms. The summed E-state index contributed by atoms with van der Waals surface area (Å²) in [5.74, 6) is 0.650. The summed E-state index contributed by atoms with van der Waals surface area (Å²) in [6.07, 6.45) is 5.65. The number of sulfonamides is 1. The van der Waals surface area contributed by atoms with Gasteiger partial charge in [-0.15, -0.1) is 24.0 Å². The molecule has 0 bridgehead atoms. The summed E-state index contributed by atoms with van der Waals surface area (Å²) in [6, 6.07) is 17.4. The molecule has 2 aromatic carbocycles. The minimum atomic E-state index is -3.34. The van der Waals surface area contributed by atoms with Gasteiger partial charge in [-0.1, -0.05) is 30.3 Å². The number of aromatic nitrogens is 2. The third-order valence-electron chi connectivity index (χ3n) is 4.39. The van der Waals surface area contributed by atoms with Gasteiger partial charge in [0, 0.05) is 32.5 Å². The highest BCUT2D eigenvalue weighted by molar-refractivity contribution is 14.0. The van der Waals surface area contributed by atoms with Gasteiger partial charge in [-0.2, -0.15) is 5.10 Å². The molecule has 0 aliphatic rings. The molecule has 3 aromatic rings. The minimum absolute atomic E-state index is 0. The molecule has 3 N–H and O–H groups in total. The Labute approximate surface area is 200 Å². The lowest BCUT2D eigenvalue weighted by molar-refractivity contribution is 0.606. The van der Waals surface area contributed by atoms with Gasteiger partial charge in [0.1, 0.15) is 0 Å². The number of anilines is 1. The average Bonchev–Trinajstić information content (AvgIpc) is 3.26. The molecule has 0 spiro atoms. The van der Waals surface area contributed by atoms with E-state index < -0.39 is 10.0 Å². The van der Waals surface area contributed by atoms with Crippen molar-refractivity contribution in [2.24, 2.45) is 4.99 Å². The summed E-state index contributed by atoms with van der Waals surface area (Å²) in [4.78, 5) is 4.23. The Hall–Kier alpha value is -2.60. The number of rotatable bonds is 8. The van der Waals surface area contributed by atoms with E-state index in [2.05, 4.69) is 37.6 Å². The highest BCUT2D eigenvalue weighted by Gasteiger charge is 2.07. The van der Waals surface area contributed by atoms with Gasteiger partial charge >= 0.3 is 0 Å². The fourth-order valence-electron chi connectivity index (χ4n) is 2.94. The summed E-state index contributed by atoms with van der Waals surface area (Å²) < 4.78 is 27.4. The van der Waals surface area contributed by atoms with Crippen molar-refractivity contribution in [2.45, 2.75) is 13.0 Å². The van der Waals surface area contributed by atoms with Gasteiger partial charge in [0.2, 0.25) is 10.0 Å². The van der Waals surface area contributed by atoms with Crippen LogP contribution in [0.25, 0.3) is 5.69 Å². The average molecular weight is 554 g/mol. The standard InChI is InChI=1S/C21H26N6O2S.HI/c1-22-21(24-16-18-6-3-4-7-20(18)26-30(2,28)29)23-14-12-17-8-10-19(11-9-17)27-15-5-13-25-27;/h3-11,13,15,26H,12,14,16H2,1-2H3,(H2,22,23,24);1H. The molecule has 0 amide bonds. The molecular weight excluding hydrogens is 527 g/mol. The van der Waals surface area contributed by atoms with Crippen LogP contribution in [0.15, 0.2) is 72.0 Å². The SMILES string of the molecule is CN=C(NCCc1ccc(-n2cccn2)cc1)NCc1ccccc1NS(C)(=O)=O.I. The molecule has 166 valence electrons. The van der Waals surface area contributed by atoms with Gasteiger partial charge < -0.3 is 10.6 Å². The van der Waals surface area contributed by atoms with E-state index in [0.29, 0.717) is 24.7 Å². The predicted octanol–water partition coefficient (Wildman–Crippen LogP) is 2.77. The number of nitrogens with one attached hydrogen (secondary N) is 3. The first-order valence-electron chi connectivity index (χ1n) is 9.54. The van der Waals surface area contributed by atoms with Crippen LogP contribution < -0.4 is 15.4 Å². The van der Waals surface area contributed by atoms with Crippen molar-refractivity contribution in [3.8, 4) is 5.69 Å². The second kappa shape index (κ2) is 11.7. The van der Waals surface area contributed by atoms with E-state index in [1.165, 1.54) is 5.56 Å². The van der Waals surface area contributed by atoms with Crippen LogP contribution in [0.1, 0.15) is 11.1 Å². The van der Waals surface area contributed by atoms with Gasteiger partial charge in [0.25, 0.3) is 0 Å². The van der Waals surface area contributed by atoms with E-state index in [1.54, 1.807) is 25.4 Å².